The van der Waals surface area contributed by atoms with Crippen molar-refractivity contribution in [3.05, 3.63) is 58.6 Å². The monoisotopic (exact) mass is 306 g/mol. The van der Waals surface area contributed by atoms with Crippen molar-refractivity contribution in [2.75, 3.05) is 0 Å². The standard InChI is InChI=1S/C14H8Cl2N2S/c15-10-7-4-8-11(16)12(10)14-13(17-19-18-14)9-5-2-1-3-6-9/h1-8H. The number of hydrogen-bond donors (Lipinski definition) is 0. The molecule has 0 aliphatic heterocycles. The molecule has 0 aliphatic rings. The Hall–Kier alpha value is -1.42. The van der Waals surface area contributed by atoms with E-state index in [-0.39, 0.29) is 0 Å². The van der Waals surface area contributed by atoms with Gasteiger partial charge in [-0.2, -0.15) is 8.75 Å². The normalized spacial score (nSPS) is 10.6. The number of aromatic nitrogens is 2. The van der Waals surface area contributed by atoms with Crippen LogP contribution in [-0.2, 0) is 0 Å². The molecule has 0 spiro atoms. The van der Waals surface area contributed by atoms with Crippen LogP contribution in [0.15, 0.2) is 48.5 Å². The summed E-state index contributed by atoms with van der Waals surface area (Å²) < 4.78 is 8.70. The van der Waals surface area contributed by atoms with Crippen molar-refractivity contribution >= 4 is 34.9 Å². The lowest BCUT2D eigenvalue weighted by Crippen LogP contribution is -1.86. The molecule has 0 atom stereocenters. The average Bonchev–Trinajstić information content (AvgIpc) is 2.89. The van der Waals surface area contributed by atoms with Gasteiger partial charge in [-0.3, -0.25) is 0 Å². The quantitative estimate of drug-likeness (QED) is 0.652. The van der Waals surface area contributed by atoms with Crippen molar-refractivity contribution in [2.45, 2.75) is 0 Å². The molecule has 3 rings (SSSR count). The van der Waals surface area contributed by atoms with E-state index in [0.717, 1.165) is 34.2 Å². The fourth-order valence-electron chi connectivity index (χ4n) is 1.86. The van der Waals surface area contributed by atoms with Gasteiger partial charge >= 0.3 is 0 Å². The van der Waals surface area contributed by atoms with E-state index in [1.165, 1.54) is 0 Å². The molecule has 1 heterocycles. The second kappa shape index (κ2) is 5.29. The summed E-state index contributed by atoms with van der Waals surface area (Å²) in [5.41, 5.74) is 3.27. The Balaban J connectivity index is 2.21. The summed E-state index contributed by atoms with van der Waals surface area (Å²) in [7, 11) is 0. The van der Waals surface area contributed by atoms with Gasteiger partial charge < -0.3 is 0 Å². The van der Waals surface area contributed by atoms with Crippen LogP contribution < -0.4 is 0 Å². The minimum absolute atomic E-state index is 0.581. The molecule has 2 nitrogen and oxygen atoms in total. The zero-order valence-electron chi connectivity index (χ0n) is 9.68. The molecular formula is C14H8Cl2N2S. The summed E-state index contributed by atoms with van der Waals surface area (Å²) in [6.45, 7) is 0. The molecule has 0 saturated carbocycles. The van der Waals surface area contributed by atoms with E-state index >= 15 is 0 Å². The molecule has 0 radical (unpaired) electrons. The Morgan fingerprint density at radius 2 is 1.37 bits per heavy atom. The third-order valence-electron chi connectivity index (χ3n) is 2.74. The van der Waals surface area contributed by atoms with Crippen LogP contribution in [0.4, 0.5) is 0 Å². The largest absolute Gasteiger partial charge is 0.172 e. The molecular weight excluding hydrogens is 299 g/mol. The summed E-state index contributed by atoms with van der Waals surface area (Å²) in [5.74, 6) is 0. The Bertz CT molecular complexity index is 690. The second-order valence-corrected chi connectivity index (χ2v) is 5.27. The van der Waals surface area contributed by atoms with E-state index in [4.69, 9.17) is 23.2 Å². The van der Waals surface area contributed by atoms with Crippen molar-refractivity contribution in [2.24, 2.45) is 0 Å². The van der Waals surface area contributed by atoms with Crippen molar-refractivity contribution in [3.63, 3.8) is 0 Å². The molecule has 0 fully saturated rings. The maximum atomic E-state index is 6.23. The highest BCUT2D eigenvalue weighted by Gasteiger charge is 2.17. The summed E-state index contributed by atoms with van der Waals surface area (Å²) in [6, 6.07) is 15.3. The van der Waals surface area contributed by atoms with Gasteiger partial charge in [0.05, 0.1) is 21.8 Å². The second-order valence-electron chi connectivity index (χ2n) is 3.92. The summed E-state index contributed by atoms with van der Waals surface area (Å²) in [6.07, 6.45) is 0. The van der Waals surface area contributed by atoms with Crippen LogP contribution in [0.3, 0.4) is 0 Å². The topological polar surface area (TPSA) is 25.8 Å². The molecule has 3 aromatic rings. The van der Waals surface area contributed by atoms with Crippen LogP contribution in [-0.4, -0.2) is 8.75 Å². The highest BCUT2D eigenvalue weighted by Crippen LogP contribution is 2.38. The zero-order chi connectivity index (χ0) is 13.2. The maximum absolute atomic E-state index is 6.23. The minimum atomic E-state index is 0.581. The van der Waals surface area contributed by atoms with Gasteiger partial charge in [0.2, 0.25) is 0 Å². The van der Waals surface area contributed by atoms with Gasteiger partial charge in [0.25, 0.3) is 0 Å². The van der Waals surface area contributed by atoms with Crippen LogP contribution in [0.2, 0.25) is 10.0 Å². The molecule has 19 heavy (non-hydrogen) atoms. The van der Waals surface area contributed by atoms with Gasteiger partial charge in [0, 0.05) is 11.1 Å². The van der Waals surface area contributed by atoms with E-state index < -0.39 is 0 Å². The Kier molecular flexibility index (Phi) is 3.51. The number of halogens is 2. The van der Waals surface area contributed by atoms with E-state index in [1.807, 2.05) is 36.4 Å². The van der Waals surface area contributed by atoms with E-state index in [1.54, 1.807) is 12.1 Å². The highest BCUT2D eigenvalue weighted by atomic mass is 35.5. The third-order valence-corrected chi connectivity index (χ3v) is 3.89. The lowest BCUT2D eigenvalue weighted by atomic mass is 10.1. The van der Waals surface area contributed by atoms with E-state index in [2.05, 4.69) is 8.75 Å². The predicted octanol–water partition coefficient (Wildman–Crippen LogP) is 5.18. The van der Waals surface area contributed by atoms with Gasteiger partial charge in [-0.25, -0.2) is 0 Å². The van der Waals surface area contributed by atoms with Gasteiger partial charge in [-0.1, -0.05) is 59.6 Å². The van der Waals surface area contributed by atoms with Crippen LogP contribution in [0.5, 0.6) is 0 Å². The highest BCUT2D eigenvalue weighted by molar-refractivity contribution is 6.99. The molecule has 94 valence electrons. The lowest BCUT2D eigenvalue weighted by molar-refractivity contribution is 1.47. The van der Waals surface area contributed by atoms with Crippen molar-refractivity contribution in [3.8, 4) is 22.5 Å². The first kappa shape index (κ1) is 12.6. The zero-order valence-corrected chi connectivity index (χ0v) is 12.0. The van der Waals surface area contributed by atoms with Gasteiger partial charge in [0.15, 0.2) is 0 Å². The number of hydrogen-bond acceptors (Lipinski definition) is 3. The minimum Gasteiger partial charge on any atom is -0.172 e. The molecule has 0 unspecified atom stereocenters. The van der Waals surface area contributed by atoms with Gasteiger partial charge in [-0.15, -0.1) is 0 Å². The Morgan fingerprint density at radius 3 is 2.05 bits per heavy atom. The third kappa shape index (κ3) is 2.37. The first-order valence-corrected chi connectivity index (χ1v) is 7.08. The molecule has 0 amide bonds. The van der Waals surface area contributed by atoms with Crippen LogP contribution in [0, 0.1) is 0 Å². The average molecular weight is 307 g/mol. The molecule has 0 N–H and O–H groups in total. The maximum Gasteiger partial charge on any atom is 0.115 e. The number of benzene rings is 2. The van der Waals surface area contributed by atoms with E-state index in [9.17, 15) is 0 Å². The van der Waals surface area contributed by atoms with Crippen LogP contribution in [0.25, 0.3) is 22.5 Å². The summed E-state index contributed by atoms with van der Waals surface area (Å²) in [5, 5.41) is 1.16. The van der Waals surface area contributed by atoms with Crippen molar-refractivity contribution < 1.29 is 0 Å². The molecule has 5 heteroatoms. The Morgan fingerprint density at radius 1 is 0.737 bits per heavy atom. The van der Waals surface area contributed by atoms with Crippen LogP contribution in [0.1, 0.15) is 0 Å². The first-order chi connectivity index (χ1) is 9.27. The fraction of sp³-hybridized carbons (Fsp3) is 0. The predicted molar refractivity (Wildman–Crippen MR) is 80.8 cm³/mol. The Labute approximate surface area is 125 Å². The smallest absolute Gasteiger partial charge is 0.115 e. The SMILES string of the molecule is Clc1cccc(Cl)c1-c1nsnc1-c1ccccc1. The van der Waals surface area contributed by atoms with Crippen molar-refractivity contribution in [1.29, 1.82) is 0 Å². The van der Waals surface area contributed by atoms with E-state index in [0.29, 0.717) is 10.0 Å². The summed E-state index contributed by atoms with van der Waals surface area (Å²) in [4.78, 5) is 0. The van der Waals surface area contributed by atoms with Gasteiger partial charge in [0.1, 0.15) is 11.4 Å². The van der Waals surface area contributed by atoms with Crippen LogP contribution >= 0.6 is 34.9 Å². The first-order valence-electron chi connectivity index (χ1n) is 5.60. The molecule has 2 aromatic carbocycles. The summed E-state index contributed by atoms with van der Waals surface area (Å²) >= 11 is 13.6. The number of rotatable bonds is 2. The molecule has 0 aliphatic carbocycles. The fourth-order valence-corrected chi connectivity index (χ4v) is 3.01. The number of nitrogens with zero attached hydrogens (tertiary/aromatic N) is 2. The molecule has 0 bridgehead atoms. The van der Waals surface area contributed by atoms with Gasteiger partial charge in [-0.05, 0) is 12.1 Å². The molecule has 1 aromatic heterocycles. The van der Waals surface area contributed by atoms with Crippen molar-refractivity contribution in [1.82, 2.24) is 8.75 Å². The molecule has 0 saturated heterocycles. The lowest BCUT2D eigenvalue weighted by Gasteiger charge is -2.05.